The molecule has 1 rings (SSSR count). The van der Waals surface area contributed by atoms with Crippen LogP contribution in [0.25, 0.3) is 0 Å². The summed E-state index contributed by atoms with van der Waals surface area (Å²) in [5.74, 6) is 1.17. The molecule has 0 amide bonds. The number of likely N-dealkylation sites (N-methyl/N-ethyl adjacent to an activating group) is 1. The second-order valence-electron chi connectivity index (χ2n) is 5.01. The van der Waals surface area contributed by atoms with E-state index in [0.29, 0.717) is 12.2 Å². The Hall–Kier alpha value is 0.230. The molecule has 0 spiro atoms. The Morgan fingerprint density at radius 3 is 2.38 bits per heavy atom. The van der Waals surface area contributed by atoms with Gasteiger partial charge in [0.15, 0.2) is 0 Å². The maximum Gasteiger partial charge on any atom is 0.0568 e. The SMILES string of the molecule is CSCCN(C)C1(CN)CC(C)OC(C)C1. The molecule has 16 heavy (non-hydrogen) atoms. The molecule has 0 aliphatic carbocycles. The van der Waals surface area contributed by atoms with Gasteiger partial charge in [-0.3, -0.25) is 4.90 Å². The van der Waals surface area contributed by atoms with E-state index in [1.54, 1.807) is 0 Å². The molecular weight excluding hydrogens is 220 g/mol. The van der Waals surface area contributed by atoms with Crippen molar-refractivity contribution in [3.8, 4) is 0 Å². The average molecular weight is 246 g/mol. The Balaban J connectivity index is 2.67. The highest BCUT2D eigenvalue weighted by molar-refractivity contribution is 7.98. The molecule has 1 heterocycles. The first-order valence-electron chi connectivity index (χ1n) is 6.10. The Kier molecular flexibility index (Phi) is 5.57. The predicted octanol–water partition coefficient (Wildman–Crippen LogP) is 1.57. The van der Waals surface area contributed by atoms with Gasteiger partial charge in [0.05, 0.1) is 12.2 Å². The zero-order chi connectivity index (χ0) is 12.2. The van der Waals surface area contributed by atoms with Crippen molar-refractivity contribution in [2.75, 3.05) is 32.1 Å². The van der Waals surface area contributed by atoms with Crippen LogP contribution in [0.4, 0.5) is 0 Å². The summed E-state index contributed by atoms with van der Waals surface area (Å²) in [6.45, 7) is 6.15. The smallest absolute Gasteiger partial charge is 0.0568 e. The third kappa shape index (κ3) is 3.36. The van der Waals surface area contributed by atoms with Crippen molar-refractivity contribution in [1.29, 1.82) is 0 Å². The number of hydrogen-bond acceptors (Lipinski definition) is 4. The lowest BCUT2D eigenvalue weighted by molar-refractivity contribution is -0.0962. The summed E-state index contributed by atoms with van der Waals surface area (Å²) in [4.78, 5) is 2.44. The quantitative estimate of drug-likeness (QED) is 0.799. The zero-order valence-corrected chi connectivity index (χ0v) is 11.8. The van der Waals surface area contributed by atoms with Crippen LogP contribution in [0.2, 0.25) is 0 Å². The van der Waals surface area contributed by atoms with Gasteiger partial charge in [-0.05, 0) is 40.0 Å². The summed E-state index contributed by atoms with van der Waals surface area (Å²) < 4.78 is 5.81. The molecule has 1 aliphatic rings. The van der Waals surface area contributed by atoms with Crippen LogP contribution in [0.15, 0.2) is 0 Å². The third-order valence-electron chi connectivity index (χ3n) is 3.62. The summed E-state index contributed by atoms with van der Waals surface area (Å²) in [5.41, 5.74) is 6.18. The molecule has 0 saturated carbocycles. The van der Waals surface area contributed by atoms with Gasteiger partial charge < -0.3 is 10.5 Å². The highest BCUT2D eigenvalue weighted by Crippen LogP contribution is 2.32. The number of rotatable bonds is 5. The van der Waals surface area contributed by atoms with Crippen LogP contribution >= 0.6 is 11.8 Å². The lowest BCUT2D eigenvalue weighted by atomic mass is 9.83. The fourth-order valence-electron chi connectivity index (χ4n) is 2.75. The standard InChI is InChI=1S/C12H26N2OS/c1-10-7-12(9-13,8-11(2)15-10)14(3)5-6-16-4/h10-11H,5-9,13H2,1-4H3. The van der Waals surface area contributed by atoms with Gasteiger partial charge in [0.25, 0.3) is 0 Å². The van der Waals surface area contributed by atoms with Crippen molar-refractivity contribution in [2.45, 2.75) is 44.4 Å². The van der Waals surface area contributed by atoms with E-state index in [2.05, 4.69) is 32.1 Å². The minimum atomic E-state index is 0.146. The van der Waals surface area contributed by atoms with Gasteiger partial charge >= 0.3 is 0 Å². The molecule has 0 aromatic rings. The van der Waals surface area contributed by atoms with Gasteiger partial charge in [0, 0.05) is 24.4 Å². The minimum Gasteiger partial charge on any atom is -0.375 e. The number of ether oxygens (including phenoxy) is 1. The molecule has 4 heteroatoms. The molecule has 1 saturated heterocycles. The minimum absolute atomic E-state index is 0.146. The van der Waals surface area contributed by atoms with Crippen molar-refractivity contribution < 1.29 is 4.74 Å². The van der Waals surface area contributed by atoms with E-state index in [1.807, 2.05) is 11.8 Å². The molecular formula is C12H26N2OS. The van der Waals surface area contributed by atoms with Crippen molar-refractivity contribution in [1.82, 2.24) is 4.90 Å². The first-order valence-corrected chi connectivity index (χ1v) is 7.49. The molecule has 0 radical (unpaired) electrons. The number of nitrogens with two attached hydrogens (primary N) is 1. The first kappa shape index (κ1) is 14.3. The van der Waals surface area contributed by atoms with Crippen molar-refractivity contribution in [2.24, 2.45) is 5.73 Å². The van der Waals surface area contributed by atoms with E-state index < -0.39 is 0 Å². The fourth-order valence-corrected chi connectivity index (χ4v) is 3.20. The van der Waals surface area contributed by atoms with Gasteiger partial charge in [-0.2, -0.15) is 11.8 Å². The molecule has 2 N–H and O–H groups in total. The normalized spacial score (nSPS) is 35.6. The van der Waals surface area contributed by atoms with Gasteiger partial charge in [-0.15, -0.1) is 0 Å². The number of hydrogen-bond donors (Lipinski definition) is 1. The Bertz CT molecular complexity index is 203. The highest BCUT2D eigenvalue weighted by atomic mass is 32.2. The Morgan fingerprint density at radius 2 is 1.94 bits per heavy atom. The molecule has 1 fully saturated rings. The van der Waals surface area contributed by atoms with E-state index in [-0.39, 0.29) is 5.54 Å². The van der Waals surface area contributed by atoms with Gasteiger partial charge in [-0.1, -0.05) is 0 Å². The Labute approximate surface area is 104 Å². The largest absolute Gasteiger partial charge is 0.375 e. The van der Waals surface area contributed by atoms with E-state index in [9.17, 15) is 0 Å². The van der Waals surface area contributed by atoms with E-state index in [1.165, 1.54) is 5.75 Å². The molecule has 0 aromatic heterocycles. The van der Waals surface area contributed by atoms with Gasteiger partial charge in [-0.25, -0.2) is 0 Å². The van der Waals surface area contributed by atoms with Crippen LogP contribution < -0.4 is 5.73 Å². The van der Waals surface area contributed by atoms with Gasteiger partial charge in [0.1, 0.15) is 0 Å². The maximum absolute atomic E-state index is 6.03. The molecule has 3 nitrogen and oxygen atoms in total. The van der Waals surface area contributed by atoms with Crippen LogP contribution in [0.5, 0.6) is 0 Å². The van der Waals surface area contributed by atoms with Crippen molar-refractivity contribution >= 4 is 11.8 Å². The van der Waals surface area contributed by atoms with Crippen molar-refractivity contribution in [3.05, 3.63) is 0 Å². The average Bonchev–Trinajstić information content (AvgIpc) is 2.24. The lowest BCUT2D eigenvalue weighted by Crippen LogP contribution is -2.58. The lowest BCUT2D eigenvalue weighted by Gasteiger charge is -2.48. The topological polar surface area (TPSA) is 38.5 Å². The first-order chi connectivity index (χ1) is 7.54. The van der Waals surface area contributed by atoms with Crippen LogP contribution in [0.1, 0.15) is 26.7 Å². The van der Waals surface area contributed by atoms with Crippen LogP contribution in [-0.4, -0.2) is 54.8 Å². The van der Waals surface area contributed by atoms with E-state index >= 15 is 0 Å². The highest BCUT2D eigenvalue weighted by Gasteiger charge is 2.40. The van der Waals surface area contributed by atoms with Crippen molar-refractivity contribution in [3.63, 3.8) is 0 Å². The maximum atomic E-state index is 6.03. The molecule has 96 valence electrons. The zero-order valence-electron chi connectivity index (χ0n) is 11.0. The summed E-state index contributed by atoms with van der Waals surface area (Å²) >= 11 is 1.89. The van der Waals surface area contributed by atoms with E-state index in [0.717, 1.165) is 25.9 Å². The summed E-state index contributed by atoms with van der Waals surface area (Å²) in [6, 6.07) is 0. The van der Waals surface area contributed by atoms with E-state index in [4.69, 9.17) is 10.5 Å². The number of nitrogens with zero attached hydrogens (tertiary/aromatic N) is 1. The monoisotopic (exact) mass is 246 g/mol. The Morgan fingerprint density at radius 1 is 1.38 bits per heavy atom. The second kappa shape index (κ2) is 6.24. The number of thioether (sulfide) groups is 1. The summed E-state index contributed by atoms with van der Waals surface area (Å²) in [5, 5.41) is 0. The summed E-state index contributed by atoms with van der Waals surface area (Å²) in [6.07, 6.45) is 4.91. The molecule has 0 aromatic carbocycles. The molecule has 2 unspecified atom stereocenters. The third-order valence-corrected chi connectivity index (χ3v) is 4.21. The molecule has 2 atom stereocenters. The van der Waals surface area contributed by atoms with Gasteiger partial charge in [0.2, 0.25) is 0 Å². The van der Waals surface area contributed by atoms with Crippen LogP contribution in [0, 0.1) is 0 Å². The molecule has 1 aliphatic heterocycles. The summed E-state index contributed by atoms with van der Waals surface area (Å²) in [7, 11) is 2.20. The fraction of sp³-hybridized carbons (Fsp3) is 1.00. The van der Waals surface area contributed by atoms with Crippen LogP contribution in [0.3, 0.4) is 0 Å². The second-order valence-corrected chi connectivity index (χ2v) is 5.99. The predicted molar refractivity (Wildman–Crippen MR) is 72.0 cm³/mol. The van der Waals surface area contributed by atoms with Crippen LogP contribution in [-0.2, 0) is 4.74 Å². The molecule has 0 bridgehead atoms.